The minimum Gasteiger partial charge on any atom is -0.497 e. The van der Waals surface area contributed by atoms with Crippen molar-refractivity contribution in [2.75, 3.05) is 26.1 Å². The number of fused-ring (bicyclic) bond motifs is 1. The molecule has 0 amide bonds. The molecule has 0 atom stereocenters. The summed E-state index contributed by atoms with van der Waals surface area (Å²) in [7, 11) is 3.32. The molecule has 1 aromatic heterocycles. The smallest absolute Gasteiger partial charge is 0.133 e. The summed E-state index contributed by atoms with van der Waals surface area (Å²) < 4.78 is 13.8. The minimum atomic E-state index is 0.757. The van der Waals surface area contributed by atoms with Crippen LogP contribution >= 0.6 is 15.9 Å². The molecule has 25 heavy (non-hydrogen) atoms. The number of hydrogen-bond donors (Lipinski definition) is 1. The number of methoxy groups -OCH3 is 2. The Morgan fingerprint density at radius 3 is 2.36 bits per heavy atom. The van der Waals surface area contributed by atoms with Gasteiger partial charge in [0.2, 0.25) is 0 Å². The summed E-state index contributed by atoms with van der Waals surface area (Å²) in [6.07, 6.45) is 0.945. The molecular formula is C19H18BrN3O2. The summed E-state index contributed by atoms with van der Waals surface area (Å²) in [4.78, 5) is 0. The summed E-state index contributed by atoms with van der Waals surface area (Å²) in [5, 5.41) is 8.34. The summed E-state index contributed by atoms with van der Waals surface area (Å²) in [5.74, 6) is 2.57. The van der Waals surface area contributed by atoms with Gasteiger partial charge in [0.25, 0.3) is 0 Å². The van der Waals surface area contributed by atoms with E-state index in [2.05, 4.69) is 21.2 Å². The van der Waals surface area contributed by atoms with Gasteiger partial charge in [-0.25, -0.2) is 4.68 Å². The third kappa shape index (κ3) is 2.87. The molecule has 0 bridgehead atoms. The standard InChI is InChI=1S/C19H18BrN3O2/c1-24-15-9-12(10-16(11-15)25-2)18-17-7-8-21-19(17)23(22-18)14-5-3-13(20)4-6-14/h3-6,9-11,21H,7-8H2,1-2H3. The fraction of sp³-hybridized carbons (Fsp3) is 0.211. The molecule has 128 valence electrons. The molecule has 3 aromatic rings. The van der Waals surface area contributed by atoms with Crippen molar-refractivity contribution in [3.63, 3.8) is 0 Å². The van der Waals surface area contributed by atoms with E-state index >= 15 is 0 Å². The van der Waals surface area contributed by atoms with Crippen molar-refractivity contribution in [2.24, 2.45) is 0 Å². The Bertz CT molecular complexity index is 897. The molecule has 0 aliphatic carbocycles. The van der Waals surface area contributed by atoms with E-state index in [0.29, 0.717) is 0 Å². The lowest BCUT2D eigenvalue weighted by Crippen LogP contribution is -2.04. The van der Waals surface area contributed by atoms with Crippen molar-refractivity contribution in [1.82, 2.24) is 9.78 Å². The van der Waals surface area contributed by atoms with Gasteiger partial charge in [0.1, 0.15) is 17.3 Å². The number of halogens is 1. The molecule has 0 unspecified atom stereocenters. The average molecular weight is 400 g/mol. The van der Waals surface area contributed by atoms with Crippen LogP contribution in [-0.2, 0) is 6.42 Å². The van der Waals surface area contributed by atoms with Gasteiger partial charge in [-0.1, -0.05) is 15.9 Å². The number of nitrogens with one attached hydrogen (secondary N) is 1. The van der Waals surface area contributed by atoms with Gasteiger partial charge in [-0.15, -0.1) is 0 Å². The predicted octanol–water partition coefficient (Wildman–Crippen LogP) is 4.29. The van der Waals surface area contributed by atoms with Crippen molar-refractivity contribution in [3.05, 3.63) is 52.5 Å². The first-order chi connectivity index (χ1) is 12.2. The van der Waals surface area contributed by atoms with E-state index in [1.165, 1.54) is 5.56 Å². The molecule has 1 N–H and O–H groups in total. The highest BCUT2D eigenvalue weighted by Gasteiger charge is 2.24. The molecule has 2 heterocycles. The van der Waals surface area contributed by atoms with Crippen LogP contribution in [0.3, 0.4) is 0 Å². The highest BCUT2D eigenvalue weighted by Crippen LogP contribution is 2.37. The van der Waals surface area contributed by atoms with Crippen molar-refractivity contribution in [2.45, 2.75) is 6.42 Å². The fourth-order valence-corrected chi connectivity index (χ4v) is 3.38. The molecule has 5 nitrogen and oxygen atoms in total. The van der Waals surface area contributed by atoms with Crippen LogP contribution < -0.4 is 14.8 Å². The summed E-state index contributed by atoms with van der Waals surface area (Å²) in [5.41, 5.74) is 4.19. The number of ether oxygens (including phenoxy) is 2. The Morgan fingerprint density at radius 1 is 1.04 bits per heavy atom. The molecule has 2 aromatic carbocycles. The lowest BCUT2D eigenvalue weighted by molar-refractivity contribution is 0.394. The second kappa shape index (κ2) is 6.44. The second-order valence-electron chi connectivity index (χ2n) is 5.84. The van der Waals surface area contributed by atoms with Crippen molar-refractivity contribution < 1.29 is 9.47 Å². The maximum atomic E-state index is 5.41. The van der Waals surface area contributed by atoms with Crippen molar-refractivity contribution in [3.8, 4) is 28.4 Å². The molecule has 4 rings (SSSR count). The number of aromatic nitrogens is 2. The van der Waals surface area contributed by atoms with E-state index in [1.54, 1.807) is 14.2 Å². The Hall–Kier alpha value is -2.47. The minimum absolute atomic E-state index is 0.757. The van der Waals surface area contributed by atoms with E-state index in [-0.39, 0.29) is 0 Å². The van der Waals surface area contributed by atoms with Crippen LogP contribution in [0, 0.1) is 0 Å². The van der Waals surface area contributed by atoms with Crippen LogP contribution in [0.4, 0.5) is 5.82 Å². The van der Waals surface area contributed by atoms with Gasteiger partial charge < -0.3 is 14.8 Å². The predicted molar refractivity (Wildman–Crippen MR) is 102 cm³/mol. The first-order valence-electron chi connectivity index (χ1n) is 8.05. The van der Waals surface area contributed by atoms with E-state index in [4.69, 9.17) is 14.6 Å². The maximum absolute atomic E-state index is 5.41. The summed E-state index contributed by atoms with van der Waals surface area (Å²) in [6.45, 7) is 0.915. The average Bonchev–Trinajstić information content (AvgIpc) is 3.24. The largest absolute Gasteiger partial charge is 0.497 e. The molecule has 1 aliphatic rings. The highest BCUT2D eigenvalue weighted by molar-refractivity contribution is 9.10. The highest BCUT2D eigenvalue weighted by atomic mass is 79.9. The Morgan fingerprint density at radius 2 is 1.72 bits per heavy atom. The fourth-order valence-electron chi connectivity index (χ4n) is 3.12. The maximum Gasteiger partial charge on any atom is 0.133 e. The van der Waals surface area contributed by atoms with Gasteiger partial charge >= 0.3 is 0 Å². The van der Waals surface area contributed by atoms with E-state index in [1.807, 2.05) is 47.1 Å². The number of benzene rings is 2. The zero-order chi connectivity index (χ0) is 17.4. The van der Waals surface area contributed by atoms with Gasteiger partial charge in [0.05, 0.1) is 25.6 Å². The van der Waals surface area contributed by atoms with Gasteiger partial charge in [0.15, 0.2) is 0 Å². The molecule has 0 saturated carbocycles. The van der Waals surface area contributed by atoms with Crippen LogP contribution in [0.5, 0.6) is 11.5 Å². The second-order valence-corrected chi connectivity index (χ2v) is 6.76. The quantitative estimate of drug-likeness (QED) is 0.710. The van der Waals surface area contributed by atoms with Gasteiger partial charge in [0, 0.05) is 28.2 Å². The Balaban J connectivity index is 1.87. The zero-order valence-electron chi connectivity index (χ0n) is 14.0. The Labute approximate surface area is 154 Å². The topological polar surface area (TPSA) is 48.3 Å². The number of nitrogens with zero attached hydrogens (tertiary/aromatic N) is 2. The molecule has 0 saturated heterocycles. The van der Waals surface area contributed by atoms with Gasteiger partial charge in [-0.2, -0.15) is 5.10 Å². The van der Waals surface area contributed by atoms with Crippen LogP contribution in [0.15, 0.2) is 46.9 Å². The zero-order valence-corrected chi connectivity index (χ0v) is 15.6. The van der Waals surface area contributed by atoms with Crippen LogP contribution in [0.25, 0.3) is 16.9 Å². The van der Waals surface area contributed by atoms with Gasteiger partial charge in [-0.05, 0) is 42.8 Å². The Kier molecular flexibility index (Phi) is 4.13. The normalized spacial score (nSPS) is 12.6. The lowest BCUT2D eigenvalue weighted by Gasteiger charge is -2.08. The molecular weight excluding hydrogens is 382 g/mol. The number of anilines is 1. The summed E-state index contributed by atoms with van der Waals surface area (Å²) >= 11 is 3.48. The first-order valence-corrected chi connectivity index (χ1v) is 8.84. The molecule has 0 fully saturated rings. The van der Waals surface area contributed by atoms with Crippen LogP contribution in [0.2, 0.25) is 0 Å². The van der Waals surface area contributed by atoms with Gasteiger partial charge in [-0.3, -0.25) is 0 Å². The molecule has 6 heteroatoms. The SMILES string of the molecule is COc1cc(OC)cc(-c2nn(-c3ccc(Br)cc3)c3c2CCN3)c1. The first kappa shape index (κ1) is 16.0. The lowest BCUT2D eigenvalue weighted by atomic mass is 10.1. The number of rotatable bonds is 4. The van der Waals surface area contributed by atoms with Crippen LogP contribution in [0.1, 0.15) is 5.56 Å². The third-order valence-corrected chi connectivity index (χ3v) is 4.88. The van der Waals surface area contributed by atoms with E-state index < -0.39 is 0 Å². The van der Waals surface area contributed by atoms with E-state index in [9.17, 15) is 0 Å². The third-order valence-electron chi connectivity index (χ3n) is 4.35. The monoisotopic (exact) mass is 399 g/mol. The van der Waals surface area contributed by atoms with E-state index in [0.717, 1.165) is 51.7 Å². The van der Waals surface area contributed by atoms with Crippen molar-refractivity contribution >= 4 is 21.7 Å². The summed E-state index contributed by atoms with van der Waals surface area (Å²) in [6, 6.07) is 14.0. The molecule has 1 aliphatic heterocycles. The molecule has 0 spiro atoms. The van der Waals surface area contributed by atoms with Crippen LogP contribution in [-0.4, -0.2) is 30.5 Å². The van der Waals surface area contributed by atoms with Crippen molar-refractivity contribution in [1.29, 1.82) is 0 Å². The molecule has 0 radical (unpaired) electrons. The number of hydrogen-bond acceptors (Lipinski definition) is 4.